The number of carbonyl (C=O) groups is 2. The Labute approximate surface area is 238 Å². The van der Waals surface area contributed by atoms with Gasteiger partial charge in [0, 0.05) is 39.8 Å². The number of rotatable bonds is 9. The van der Waals surface area contributed by atoms with Crippen LogP contribution in [-0.2, 0) is 17.6 Å². The maximum absolute atomic E-state index is 12.2. The second kappa shape index (κ2) is 12.8. The molecule has 40 heavy (non-hydrogen) atoms. The third-order valence-electron chi connectivity index (χ3n) is 6.71. The average Bonchev–Trinajstić information content (AvgIpc) is 3.15. The third-order valence-corrected chi connectivity index (χ3v) is 6.99. The molecule has 0 aliphatic carbocycles. The summed E-state index contributed by atoms with van der Waals surface area (Å²) >= 11 is 6.41. The highest BCUT2D eigenvalue weighted by Crippen LogP contribution is 2.34. The molecule has 1 aliphatic heterocycles. The standard InChI is InChI=1S/C28H34ClN7O4/c1-30-27(38)19-6-7-21(23(14-19)39-4)32-26-20(29)15-31-28(34-26)33-22-12-17-8-10-36(16-25(37)35(2)3)11-9-18(17)13-24(22)40-5/h6-7,12-15H,8-11,16H2,1-5H3,(H,30,38)(H2,31,32,33,34). The van der Waals surface area contributed by atoms with Gasteiger partial charge in [0.2, 0.25) is 11.9 Å². The van der Waals surface area contributed by atoms with Crippen molar-refractivity contribution in [2.45, 2.75) is 12.8 Å². The number of hydrogen-bond donors (Lipinski definition) is 3. The fourth-order valence-corrected chi connectivity index (χ4v) is 4.54. The van der Waals surface area contributed by atoms with Gasteiger partial charge in [-0.25, -0.2) is 4.98 Å². The van der Waals surface area contributed by atoms with Crippen LogP contribution in [0.1, 0.15) is 21.5 Å². The number of fused-ring (bicyclic) bond motifs is 1. The van der Waals surface area contributed by atoms with Crippen LogP contribution in [0.15, 0.2) is 36.5 Å². The predicted octanol–water partition coefficient (Wildman–Crippen LogP) is 3.48. The third kappa shape index (κ3) is 6.72. The zero-order valence-electron chi connectivity index (χ0n) is 23.3. The minimum absolute atomic E-state index is 0.0928. The number of methoxy groups -OCH3 is 2. The number of carbonyl (C=O) groups excluding carboxylic acids is 2. The normalized spacial score (nSPS) is 13.1. The molecule has 11 nitrogen and oxygen atoms in total. The Kier molecular flexibility index (Phi) is 9.28. The Bertz CT molecular complexity index is 1400. The van der Waals surface area contributed by atoms with Gasteiger partial charge < -0.3 is 30.3 Å². The van der Waals surface area contributed by atoms with Crippen LogP contribution in [0.2, 0.25) is 5.02 Å². The molecule has 1 aromatic heterocycles. The van der Waals surface area contributed by atoms with Gasteiger partial charge in [0.05, 0.1) is 38.3 Å². The first-order valence-electron chi connectivity index (χ1n) is 12.8. The van der Waals surface area contributed by atoms with E-state index in [4.69, 9.17) is 21.1 Å². The smallest absolute Gasteiger partial charge is 0.251 e. The van der Waals surface area contributed by atoms with Crippen molar-refractivity contribution in [2.24, 2.45) is 0 Å². The second-order valence-corrected chi connectivity index (χ2v) is 9.93. The number of likely N-dealkylation sites (N-methyl/N-ethyl adjacent to an activating group) is 1. The molecule has 0 bridgehead atoms. The van der Waals surface area contributed by atoms with Crippen LogP contribution >= 0.6 is 11.6 Å². The zero-order chi connectivity index (χ0) is 28.8. The van der Waals surface area contributed by atoms with Gasteiger partial charge in [-0.3, -0.25) is 14.5 Å². The largest absolute Gasteiger partial charge is 0.495 e. The molecule has 0 saturated carbocycles. The van der Waals surface area contributed by atoms with Gasteiger partial charge in [0.15, 0.2) is 5.82 Å². The maximum atomic E-state index is 12.2. The lowest BCUT2D eigenvalue weighted by atomic mass is 10.0. The maximum Gasteiger partial charge on any atom is 0.251 e. The van der Waals surface area contributed by atoms with E-state index >= 15 is 0 Å². The summed E-state index contributed by atoms with van der Waals surface area (Å²) in [4.78, 5) is 36.9. The molecular formula is C28H34ClN7O4. The van der Waals surface area contributed by atoms with Crippen molar-refractivity contribution in [2.75, 3.05) is 65.6 Å². The molecule has 2 aromatic carbocycles. The molecule has 4 rings (SSSR count). The van der Waals surface area contributed by atoms with Gasteiger partial charge in [-0.05, 0) is 54.3 Å². The number of amides is 2. The van der Waals surface area contributed by atoms with Crippen LogP contribution in [0.25, 0.3) is 0 Å². The van der Waals surface area contributed by atoms with E-state index in [0.717, 1.165) is 31.6 Å². The Balaban J connectivity index is 1.55. The quantitative estimate of drug-likeness (QED) is 0.357. The summed E-state index contributed by atoms with van der Waals surface area (Å²) in [5, 5.41) is 9.33. The Morgan fingerprint density at radius 2 is 1.68 bits per heavy atom. The van der Waals surface area contributed by atoms with Gasteiger partial charge in [0.1, 0.15) is 16.5 Å². The lowest BCUT2D eigenvalue weighted by Gasteiger charge is -2.21. The summed E-state index contributed by atoms with van der Waals surface area (Å²) in [6.45, 7) is 1.98. The van der Waals surface area contributed by atoms with E-state index in [9.17, 15) is 9.59 Å². The van der Waals surface area contributed by atoms with E-state index in [1.54, 1.807) is 51.4 Å². The molecule has 12 heteroatoms. The highest BCUT2D eigenvalue weighted by atomic mass is 35.5. The lowest BCUT2D eigenvalue weighted by Crippen LogP contribution is -2.37. The molecule has 0 unspecified atom stereocenters. The minimum atomic E-state index is -0.221. The molecule has 3 N–H and O–H groups in total. The first-order valence-corrected chi connectivity index (χ1v) is 13.2. The van der Waals surface area contributed by atoms with Gasteiger partial charge in [0.25, 0.3) is 5.91 Å². The van der Waals surface area contributed by atoms with Crippen LogP contribution in [-0.4, -0.2) is 86.6 Å². The first kappa shape index (κ1) is 28.9. The van der Waals surface area contributed by atoms with Crippen LogP contribution < -0.4 is 25.4 Å². The fraction of sp³-hybridized carbons (Fsp3) is 0.357. The lowest BCUT2D eigenvalue weighted by molar-refractivity contribution is -0.129. The number of ether oxygens (including phenoxy) is 2. The van der Waals surface area contributed by atoms with Crippen molar-refractivity contribution in [1.29, 1.82) is 0 Å². The van der Waals surface area contributed by atoms with E-state index in [2.05, 4.69) is 36.9 Å². The Morgan fingerprint density at radius 1 is 1.00 bits per heavy atom. The van der Waals surface area contributed by atoms with Gasteiger partial charge in [-0.1, -0.05) is 11.6 Å². The van der Waals surface area contributed by atoms with Crippen LogP contribution in [0.5, 0.6) is 11.5 Å². The molecule has 0 fully saturated rings. The molecule has 0 saturated heterocycles. The summed E-state index contributed by atoms with van der Waals surface area (Å²) in [5.74, 6) is 1.67. The number of benzene rings is 2. The summed E-state index contributed by atoms with van der Waals surface area (Å²) in [5.41, 5.74) is 4.13. The van der Waals surface area contributed by atoms with Crippen LogP contribution in [0.3, 0.4) is 0 Å². The summed E-state index contributed by atoms with van der Waals surface area (Å²) in [6.07, 6.45) is 3.12. The number of nitrogens with zero attached hydrogens (tertiary/aromatic N) is 4. The molecule has 0 atom stereocenters. The molecule has 212 valence electrons. The zero-order valence-corrected chi connectivity index (χ0v) is 24.1. The van der Waals surface area contributed by atoms with E-state index in [1.165, 1.54) is 24.4 Å². The Hall–Kier alpha value is -4.09. The second-order valence-electron chi connectivity index (χ2n) is 9.52. The van der Waals surface area contributed by atoms with E-state index < -0.39 is 0 Å². The number of aromatic nitrogens is 2. The molecule has 2 amide bonds. The van der Waals surface area contributed by atoms with E-state index in [1.807, 2.05) is 6.07 Å². The van der Waals surface area contributed by atoms with Gasteiger partial charge in [-0.15, -0.1) is 0 Å². The monoisotopic (exact) mass is 567 g/mol. The van der Waals surface area contributed by atoms with Crippen molar-refractivity contribution < 1.29 is 19.1 Å². The summed E-state index contributed by atoms with van der Waals surface area (Å²) in [7, 11) is 8.26. The molecule has 2 heterocycles. The van der Waals surface area contributed by atoms with Gasteiger partial charge in [-0.2, -0.15) is 4.98 Å². The first-order chi connectivity index (χ1) is 19.2. The number of anilines is 4. The van der Waals surface area contributed by atoms with Gasteiger partial charge >= 0.3 is 0 Å². The minimum Gasteiger partial charge on any atom is -0.495 e. The summed E-state index contributed by atoms with van der Waals surface area (Å²) in [6, 6.07) is 9.11. The topological polar surface area (TPSA) is 121 Å². The van der Waals surface area contributed by atoms with Crippen molar-refractivity contribution >= 4 is 46.6 Å². The fourth-order valence-electron chi connectivity index (χ4n) is 4.40. The molecule has 0 spiro atoms. The molecule has 1 aliphatic rings. The highest BCUT2D eigenvalue weighted by molar-refractivity contribution is 6.33. The molecular weight excluding hydrogens is 534 g/mol. The average molecular weight is 568 g/mol. The van der Waals surface area contributed by atoms with Crippen molar-refractivity contribution in [1.82, 2.24) is 25.1 Å². The van der Waals surface area contributed by atoms with Crippen molar-refractivity contribution in [3.63, 3.8) is 0 Å². The number of nitrogens with one attached hydrogen (secondary N) is 3. The molecule has 3 aromatic rings. The van der Waals surface area contributed by atoms with Crippen molar-refractivity contribution in [3.05, 3.63) is 58.2 Å². The summed E-state index contributed by atoms with van der Waals surface area (Å²) < 4.78 is 11.2. The Morgan fingerprint density at radius 3 is 2.33 bits per heavy atom. The highest BCUT2D eigenvalue weighted by Gasteiger charge is 2.20. The van der Waals surface area contributed by atoms with Crippen molar-refractivity contribution in [3.8, 4) is 11.5 Å². The predicted molar refractivity (Wildman–Crippen MR) is 156 cm³/mol. The number of halogens is 1. The number of hydrogen-bond acceptors (Lipinski definition) is 9. The van der Waals surface area contributed by atoms with E-state index in [0.29, 0.717) is 46.1 Å². The van der Waals surface area contributed by atoms with Crippen LogP contribution in [0, 0.1) is 0 Å². The van der Waals surface area contributed by atoms with Crippen LogP contribution in [0.4, 0.5) is 23.1 Å². The molecule has 0 radical (unpaired) electrons. The SMILES string of the molecule is CNC(=O)c1ccc(Nc2nc(Nc3cc4c(cc3OC)CCN(CC(=O)N(C)C)CC4)ncc2Cl)c(OC)c1. The van der Waals surface area contributed by atoms with E-state index in [-0.39, 0.29) is 11.8 Å².